The van der Waals surface area contributed by atoms with Crippen LogP contribution >= 0.6 is 0 Å². The molecule has 52 heavy (non-hydrogen) atoms. The number of aromatic nitrogens is 1. The van der Waals surface area contributed by atoms with Crippen LogP contribution in [0, 0.1) is 0 Å². The van der Waals surface area contributed by atoms with Gasteiger partial charge in [-0.2, -0.15) is 0 Å². The first-order valence-corrected chi connectivity index (χ1v) is 17.9. The molecule has 11 rings (SSSR count). The van der Waals surface area contributed by atoms with E-state index < -0.39 is 0 Å². The molecule has 0 aliphatic carbocycles. The molecule has 1 heterocycles. The van der Waals surface area contributed by atoms with Crippen LogP contribution in [-0.2, 0) is 0 Å². The zero-order valence-corrected chi connectivity index (χ0v) is 28.4. The summed E-state index contributed by atoms with van der Waals surface area (Å²) in [6.45, 7) is 0. The first-order valence-electron chi connectivity index (χ1n) is 17.9. The Labute approximate surface area is 301 Å². The van der Waals surface area contributed by atoms with Gasteiger partial charge in [-0.1, -0.05) is 127 Å². The Balaban J connectivity index is 1.07. The molecule has 0 amide bonds. The van der Waals surface area contributed by atoms with E-state index in [2.05, 4.69) is 204 Å². The SMILES string of the molecule is c1ccc(-c2cc3c4cccc5ccc6ccc7c(c6c54)c3c(c2)n7-c2ccc(-c3ccc(N(c4ccccc4)c4ccccc4)cc3)cc2)cc1. The summed E-state index contributed by atoms with van der Waals surface area (Å²) in [5, 5.41) is 10.6. The van der Waals surface area contributed by atoms with Gasteiger partial charge in [0, 0.05) is 38.9 Å². The molecule has 0 radical (unpaired) electrons. The molecule has 0 saturated carbocycles. The fourth-order valence-electron chi connectivity index (χ4n) is 8.54. The van der Waals surface area contributed by atoms with E-state index in [0.29, 0.717) is 0 Å². The minimum absolute atomic E-state index is 1.13. The molecule has 0 aliphatic rings. The lowest BCUT2D eigenvalue weighted by atomic mass is 9.88. The van der Waals surface area contributed by atoms with E-state index in [1.54, 1.807) is 0 Å². The summed E-state index contributed by atoms with van der Waals surface area (Å²) in [7, 11) is 0. The maximum absolute atomic E-state index is 2.48. The Morgan fingerprint density at radius 3 is 1.54 bits per heavy atom. The lowest BCUT2D eigenvalue weighted by molar-refractivity contribution is 1.18. The molecule has 1 aromatic heterocycles. The van der Waals surface area contributed by atoms with Gasteiger partial charge in [-0.3, -0.25) is 0 Å². The van der Waals surface area contributed by atoms with Crippen molar-refractivity contribution in [3.63, 3.8) is 0 Å². The van der Waals surface area contributed by atoms with Crippen molar-refractivity contribution < 1.29 is 0 Å². The second-order valence-corrected chi connectivity index (χ2v) is 13.7. The molecule has 0 unspecified atom stereocenters. The first kappa shape index (κ1) is 28.9. The van der Waals surface area contributed by atoms with E-state index in [-0.39, 0.29) is 0 Å². The van der Waals surface area contributed by atoms with Crippen LogP contribution in [0.3, 0.4) is 0 Å². The highest BCUT2D eigenvalue weighted by Gasteiger charge is 2.23. The Morgan fingerprint density at radius 1 is 0.308 bits per heavy atom. The van der Waals surface area contributed by atoms with Crippen LogP contribution in [0.2, 0.25) is 0 Å². The summed E-state index contributed by atoms with van der Waals surface area (Å²) in [5.41, 5.74) is 11.9. The molecule has 0 spiro atoms. The van der Waals surface area contributed by atoms with Crippen molar-refractivity contribution in [3.8, 4) is 27.9 Å². The fraction of sp³-hybridized carbons (Fsp3) is 0. The molecule has 2 heteroatoms. The van der Waals surface area contributed by atoms with Gasteiger partial charge in [-0.05, 0) is 116 Å². The molecule has 0 aliphatic heterocycles. The summed E-state index contributed by atoms with van der Waals surface area (Å²) in [4.78, 5) is 2.30. The fourth-order valence-corrected chi connectivity index (χ4v) is 8.54. The summed E-state index contributed by atoms with van der Waals surface area (Å²) >= 11 is 0. The van der Waals surface area contributed by atoms with Gasteiger partial charge < -0.3 is 9.47 Å². The van der Waals surface area contributed by atoms with Gasteiger partial charge in [0.1, 0.15) is 0 Å². The van der Waals surface area contributed by atoms with Crippen LogP contribution in [0.5, 0.6) is 0 Å². The highest BCUT2D eigenvalue weighted by molar-refractivity contribution is 6.40. The van der Waals surface area contributed by atoms with E-state index in [9.17, 15) is 0 Å². The van der Waals surface area contributed by atoms with Crippen molar-refractivity contribution >= 4 is 71.2 Å². The summed E-state index contributed by atoms with van der Waals surface area (Å²) < 4.78 is 2.48. The number of para-hydroxylation sites is 2. The van der Waals surface area contributed by atoms with Gasteiger partial charge in [0.15, 0.2) is 0 Å². The van der Waals surface area contributed by atoms with Gasteiger partial charge in [0.25, 0.3) is 0 Å². The molecule has 2 nitrogen and oxygen atoms in total. The van der Waals surface area contributed by atoms with Gasteiger partial charge >= 0.3 is 0 Å². The third kappa shape index (κ3) is 4.31. The summed E-state index contributed by atoms with van der Waals surface area (Å²) in [6.07, 6.45) is 0. The molecule has 11 aromatic rings. The van der Waals surface area contributed by atoms with Crippen molar-refractivity contribution in [3.05, 3.63) is 194 Å². The minimum Gasteiger partial charge on any atom is -0.311 e. The number of fused-ring (bicyclic) bond motifs is 1. The van der Waals surface area contributed by atoms with E-state index >= 15 is 0 Å². The molecule has 0 atom stereocenters. The highest BCUT2D eigenvalue weighted by atomic mass is 15.1. The van der Waals surface area contributed by atoms with Gasteiger partial charge in [0.05, 0.1) is 11.0 Å². The Morgan fingerprint density at radius 2 is 0.865 bits per heavy atom. The zero-order valence-electron chi connectivity index (χ0n) is 28.4. The number of rotatable bonds is 6. The predicted molar refractivity (Wildman–Crippen MR) is 221 cm³/mol. The lowest BCUT2D eigenvalue weighted by Crippen LogP contribution is -2.09. The highest BCUT2D eigenvalue weighted by Crippen LogP contribution is 2.48. The Bertz CT molecular complexity index is 2980. The molecule has 10 aromatic carbocycles. The molecular formula is C50H32N2. The van der Waals surface area contributed by atoms with Crippen molar-refractivity contribution in [2.24, 2.45) is 0 Å². The second-order valence-electron chi connectivity index (χ2n) is 13.7. The summed E-state index contributed by atoms with van der Waals surface area (Å²) in [6, 6.07) is 70.7. The van der Waals surface area contributed by atoms with Crippen LogP contribution < -0.4 is 4.90 Å². The standard InChI is InChI=1S/C50H32N2/c1-4-11-33(12-5-1)38-31-44-43-18-10-13-36-19-20-37-25-30-45-50(48(37)47(36)43)49(44)46(32-38)52(45)42-28-23-35(24-29-42)34-21-26-41(27-22-34)51(39-14-6-2-7-15-39)40-16-8-3-9-17-40/h1-32H. The van der Waals surface area contributed by atoms with E-state index in [0.717, 1.165) is 22.7 Å². The summed E-state index contributed by atoms with van der Waals surface area (Å²) in [5.74, 6) is 0. The van der Waals surface area contributed by atoms with Crippen molar-refractivity contribution in [1.82, 2.24) is 4.57 Å². The Hall–Kier alpha value is -6.90. The van der Waals surface area contributed by atoms with Crippen molar-refractivity contribution in [2.45, 2.75) is 0 Å². The maximum atomic E-state index is 2.48. The van der Waals surface area contributed by atoms with Crippen LogP contribution in [0.15, 0.2) is 194 Å². The van der Waals surface area contributed by atoms with Gasteiger partial charge in [0.2, 0.25) is 0 Å². The smallest absolute Gasteiger partial charge is 0.0553 e. The first-order chi connectivity index (χ1) is 25.8. The van der Waals surface area contributed by atoms with Crippen LogP contribution in [0.1, 0.15) is 0 Å². The molecule has 0 bridgehead atoms. The van der Waals surface area contributed by atoms with Crippen LogP contribution in [-0.4, -0.2) is 4.57 Å². The van der Waals surface area contributed by atoms with E-state index in [4.69, 9.17) is 0 Å². The van der Waals surface area contributed by atoms with E-state index in [1.807, 2.05) is 0 Å². The normalized spacial score (nSPS) is 11.8. The lowest BCUT2D eigenvalue weighted by Gasteiger charge is -2.25. The maximum Gasteiger partial charge on any atom is 0.0553 e. The minimum atomic E-state index is 1.13. The van der Waals surface area contributed by atoms with Crippen molar-refractivity contribution in [2.75, 3.05) is 4.90 Å². The second kappa shape index (κ2) is 11.3. The molecule has 0 N–H and O–H groups in total. The van der Waals surface area contributed by atoms with Gasteiger partial charge in [-0.15, -0.1) is 0 Å². The third-order valence-electron chi connectivity index (χ3n) is 10.9. The topological polar surface area (TPSA) is 8.17 Å². The molecular weight excluding hydrogens is 629 g/mol. The molecule has 0 saturated heterocycles. The van der Waals surface area contributed by atoms with E-state index in [1.165, 1.54) is 76.4 Å². The third-order valence-corrected chi connectivity index (χ3v) is 10.9. The molecule has 0 fully saturated rings. The molecule has 242 valence electrons. The number of nitrogens with zero attached hydrogens (tertiary/aromatic N) is 2. The van der Waals surface area contributed by atoms with Crippen molar-refractivity contribution in [1.29, 1.82) is 0 Å². The zero-order chi connectivity index (χ0) is 34.2. The van der Waals surface area contributed by atoms with Gasteiger partial charge in [-0.25, -0.2) is 0 Å². The monoisotopic (exact) mass is 660 g/mol. The predicted octanol–water partition coefficient (Wildman–Crippen LogP) is 13.9. The quantitative estimate of drug-likeness (QED) is 0.127. The van der Waals surface area contributed by atoms with Crippen LogP contribution in [0.25, 0.3) is 82.1 Å². The number of hydrogen-bond donors (Lipinski definition) is 0. The Kier molecular flexibility index (Phi) is 6.28. The van der Waals surface area contributed by atoms with Crippen LogP contribution in [0.4, 0.5) is 17.1 Å². The number of hydrogen-bond acceptors (Lipinski definition) is 1. The average molecular weight is 661 g/mol. The average Bonchev–Trinajstić information content (AvgIpc) is 3.56. The number of benzene rings is 10. The largest absolute Gasteiger partial charge is 0.311 e. The number of anilines is 3.